The van der Waals surface area contributed by atoms with Crippen molar-refractivity contribution in [3.8, 4) is 0 Å². The second-order valence-electron chi connectivity index (χ2n) is 3.62. The van der Waals surface area contributed by atoms with Crippen LogP contribution in [0.3, 0.4) is 0 Å². The molecular formula is C10H14ClFN2O2S. The fourth-order valence-electron chi connectivity index (χ4n) is 1.11. The number of hydrogen-bond acceptors (Lipinski definition) is 3. The Morgan fingerprint density at radius 1 is 1.47 bits per heavy atom. The summed E-state index contributed by atoms with van der Waals surface area (Å²) in [5.74, 6) is -0.572. The van der Waals surface area contributed by atoms with Gasteiger partial charge < -0.3 is 5.32 Å². The molecule has 0 aliphatic heterocycles. The minimum atomic E-state index is -3.70. The molecule has 0 heterocycles. The normalized spacial score (nSPS) is 13.6. The van der Waals surface area contributed by atoms with Gasteiger partial charge in [0.2, 0.25) is 10.0 Å². The molecule has 1 aromatic carbocycles. The Morgan fingerprint density at radius 2 is 2.12 bits per heavy atom. The lowest BCUT2D eigenvalue weighted by molar-refractivity contribution is 0.554. The fraction of sp³-hybridized carbons (Fsp3) is 0.400. The molecule has 0 bridgehead atoms. The van der Waals surface area contributed by atoms with Gasteiger partial charge in [-0.1, -0.05) is 11.6 Å². The van der Waals surface area contributed by atoms with Crippen molar-refractivity contribution in [1.29, 1.82) is 0 Å². The molecule has 1 rings (SSSR count). The summed E-state index contributed by atoms with van der Waals surface area (Å²) in [5, 5.41) is 2.76. The predicted molar refractivity (Wildman–Crippen MR) is 65.1 cm³/mol. The van der Waals surface area contributed by atoms with E-state index in [2.05, 4.69) is 10.0 Å². The van der Waals surface area contributed by atoms with Crippen molar-refractivity contribution in [2.45, 2.75) is 17.9 Å². The van der Waals surface area contributed by atoms with Crippen molar-refractivity contribution in [1.82, 2.24) is 10.0 Å². The number of likely N-dealkylation sites (N-methyl/N-ethyl adjacent to an activating group) is 1. The summed E-state index contributed by atoms with van der Waals surface area (Å²) in [6.45, 7) is 2.06. The quantitative estimate of drug-likeness (QED) is 0.856. The zero-order valence-corrected chi connectivity index (χ0v) is 11.1. The Labute approximate surface area is 105 Å². The molecule has 1 atom stereocenters. The number of hydrogen-bond donors (Lipinski definition) is 2. The van der Waals surface area contributed by atoms with Crippen molar-refractivity contribution >= 4 is 21.6 Å². The van der Waals surface area contributed by atoms with E-state index in [-0.39, 0.29) is 22.5 Å². The third-order valence-electron chi connectivity index (χ3n) is 2.26. The SMILES string of the molecule is CNC(C)CNS(=O)(=O)c1ccc(F)cc1Cl. The van der Waals surface area contributed by atoms with Crippen LogP contribution in [0, 0.1) is 5.82 Å². The molecule has 0 aliphatic carbocycles. The second kappa shape index (κ2) is 5.77. The summed E-state index contributed by atoms with van der Waals surface area (Å²) in [5.41, 5.74) is 0. The average molecular weight is 281 g/mol. The van der Waals surface area contributed by atoms with Gasteiger partial charge in [0.25, 0.3) is 0 Å². The summed E-state index contributed by atoms with van der Waals surface area (Å²) in [7, 11) is -1.98. The smallest absolute Gasteiger partial charge is 0.242 e. The monoisotopic (exact) mass is 280 g/mol. The van der Waals surface area contributed by atoms with E-state index in [9.17, 15) is 12.8 Å². The van der Waals surface area contributed by atoms with Crippen LogP contribution in [0.4, 0.5) is 4.39 Å². The van der Waals surface area contributed by atoms with E-state index < -0.39 is 15.8 Å². The third-order valence-corrected chi connectivity index (χ3v) is 4.16. The minimum Gasteiger partial charge on any atom is -0.316 e. The Kier molecular flexibility index (Phi) is 4.88. The molecule has 7 heteroatoms. The predicted octanol–water partition coefficient (Wildman–Crippen LogP) is 1.37. The highest BCUT2D eigenvalue weighted by atomic mass is 35.5. The zero-order chi connectivity index (χ0) is 13.1. The molecule has 0 saturated carbocycles. The minimum absolute atomic E-state index is 0.0102. The third kappa shape index (κ3) is 3.92. The molecule has 0 aromatic heterocycles. The van der Waals surface area contributed by atoms with Crippen LogP contribution < -0.4 is 10.0 Å². The van der Waals surface area contributed by atoms with E-state index in [4.69, 9.17) is 11.6 Å². The number of benzene rings is 1. The Bertz CT molecular complexity index is 493. The van der Waals surface area contributed by atoms with Gasteiger partial charge in [-0.05, 0) is 32.2 Å². The molecule has 0 radical (unpaired) electrons. The van der Waals surface area contributed by atoms with Crippen LogP contribution in [0.25, 0.3) is 0 Å². The van der Waals surface area contributed by atoms with E-state index in [0.717, 1.165) is 18.2 Å². The summed E-state index contributed by atoms with van der Waals surface area (Å²) in [4.78, 5) is -0.121. The Hall–Kier alpha value is -0.690. The van der Waals surface area contributed by atoms with Crippen molar-refractivity contribution in [2.24, 2.45) is 0 Å². The van der Waals surface area contributed by atoms with Crippen LogP contribution >= 0.6 is 11.6 Å². The lowest BCUT2D eigenvalue weighted by Gasteiger charge is -2.12. The molecule has 17 heavy (non-hydrogen) atoms. The molecule has 0 amide bonds. The molecule has 0 fully saturated rings. The van der Waals surface area contributed by atoms with E-state index >= 15 is 0 Å². The summed E-state index contributed by atoms with van der Waals surface area (Å²) in [6, 6.07) is 3.16. The first kappa shape index (κ1) is 14.4. The maximum Gasteiger partial charge on any atom is 0.242 e. The Morgan fingerprint density at radius 3 is 2.65 bits per heavy atom. The lowest BCUT2D eigenvalue weighted by atomic mass is 10.3. The van der Waals surface area contributed by atoms with Gasteiger partial charge in [0.15, 0.2) is 0 Å². The van der Waals surface area contributed by atoms with Crippen LogP contribution in [0.1, 0.15) is 6.92 Å². The van der Waals surface area contributed by atoms with Crippen LogP contribution in [-0.4, -0.2) is 28.1 Å². The number of sulfonamides is 1. The topological polar surface area (TPSA) is 58.2 Å². The van der Waals surface area contributed by atoms with Crippen molar-refractivity contribution in [3.63, 3.8) is 0 Å². The van der Waals surface area contributed by atoms with Crippen molar-refractivity contribution < 1.29 is 12.8 Å². The number of nitrogens with one attached hydrogen (secondary N) is 2. The number of halogens is 2. The first-order chi connectivity index (χ1) is 7.86. The van der Waals surface area contributed by atoms with Gasteiger partial charge in [0.05, 0.1) is 5.02 Å². The van der Waals surface area contributed by atoms with Crippen LogP contribution in [0.2, 0.25) is 5.02 Å². The first-order valence-corrected chi connectivity index (χ1v) is 6.85. The van der Waals surface area contributed by atoms with Crippen molar-refractivity contribution in [2.75, 3.05) is 13.6 Å². The van der Waals surface area contributed by atoms with E-state index in [1.807, 2.05) is 6.92 Å². The highest BCUT2D eigenvalue weighted by Gasteiger charge is 2.18. The highest BCUT2D eigenvalue weighted by Crippen LogP contribution is 2.21. The van der Waals surface area contributed by atoms with Gasteiger partial charge in [0.1, 0.15) is 10.7 Å². The molecule has 1 unspecified atom stereocenters. The maximum absolute atomic E-state index is 12.8. The molecule has 0 saturated heterocycles. The first-order valence-electron chi connectivity index (χ1n) is 4.99. The van der Waals surface area contributed by atoms with Crippen LogP contribution in [-0.2, 0) is 10.0 Å². The second-order valence-corrected chi connectivity index (χ2v) is 5.76. The Balaban J connectivity index is 2.90. The van der Waals surface area contributed by atoms with Crippen LogP contribution in [0.15, 0.2) is 23.1 Å². The average Bonchev–Trinajstić information content (AvgIpc) is 2.25. The van der Waals surface area contributed by atoms with Gasteiger partial charge in [-0.15, -0.1) is 0 Å². The maximum atomic E-state index is 12.8. The van der Waals surface area contributed by atoms with Crippen molar-refractivity contribution in [3.05, 3.63) is 29.0 Å². The summed E-state index contributed by atoms with van der Waals surface area (Å²) >= 11 is 5.69. The molecule has 2 N–H and O–H groups in total. The van der Waals surface area contributed by atoms with Gasteiger partial charge in [0, 0.05) is 12.6 Å². The van der Waals surface area contributed by atoms with Gasteiger partial charge in [-0.25, -0.2) is 17.5 Å². The molecule has 96 valence electrons. The summed E-state index contributed by atoms with van der Waals surface area (Å²) < 4.78 is 38.9. The zero-order valence-electron chi connectivity index (χ0n) is 9.50. The van der Waals surface area contributed by atoms with Gasteiger partial charge >= 0.3 is 0 Å². The number of rotatable bonds is 5. The van der Waals surface area contributed by atoms with E-state index in [0.29, 0.717) is 0 Å². The lowest BCUT2D eigenvalue weighted by Crippen LogP contribution is -2.37. The fourth-order valence-corrected chi connectivity index (χ4v) is 2.77. The van der Waals surface area contributed by atoms with Crippen LogP contribution in [0.5, 0.6) is 0 Å². The summed E-state index contributed by atoms with van der Waals surface area (Å²) in [6.07, 6.45) is 0. The molecule has 0 spiro atoms. The molecule has 1 aromatic rings. The van der Waals surface area contributed by atoms with E-state index in [1.165, 1.54) is 0 Å². The largest absolute Gasteiger partial charge is 0.316 e. The molecule has 4 nitrogen and oxygen atoms in total. The highest BCUT2D eigenvalue weighted by molar-refractivity contribution is 7.89. The molecule has 0 aliphatic rings. The standard InChI is InChI=1S/C10H14ClFN2O2S/c1-7(13-2)6-14-17(15,16)10-4-3-8(12)5-9(10)11/h3-5,7,13-14H,6H2,1-2H3. The van der Waals surface area contributed by atoms with Gasteiger partial charge in [-0.3, -0.25) is 0 Å². The van der Waals surface area contributed by atoms with E-state index in [1.54, 1.807) is 7.05 Å². The molecular weight excluding hydrogens is 267 g/mol. The van der Waals surface area contributed by atoms with Gasteiger partial charge in [-0.2, -0.15) is 0 Å².